The topological polar surface area (TPSA) is 19.7 Å². The van der Waals surface area contributed by atoms with E-state index in [9.17, 15) is 0 Å². The normalized spacial score (nSPS) is 9.71. The van der Waals surface area contributed by atoms with E-state index in [0.717, 1.165) is 25.2 Å². The standard InChI is InChI=1S/C12H16N2/c1-4-7-11-10-13-12(8-5-2)14(11)9-6-3/h4-6,10H,1-3,7-9H2/p+1. The molecule has 2 heteroatoms. The molecule has 0 aliphatic carbocycles. The molecule has 1 heterocycles. The fourth-order valence-corrected chi connectivity index (χ4v) is 1.48. The fourth-order valence-electron chi connectivity index (χ4n) is 1.48. The van der Waals surface area contributed by atoms with E-state index in [1.807, 2.05) is 24.4 Å². The second-order valence-electron chi connectivity index (χ2n) is 3.11. The first-order valence-electron chi connectivity index (χ1n) is 4.75. The molecule has 0 aromatic carbocycles. The molecule has 0 aliphatic heterocycles. The van der Waals surface area contributed by atoms with Crippen LogP contribution in [0.3, 0.4) is 0 Å². The van der Waals surface area contributed by atoms with E-state index in [1.54, 1.807) is 0 Å². The minimum Gasteiger partial charge on any atom is -0.247 e. The van der Waals surface area contributed by atoms with Crippen LogP contribution in [-0.2, 0) is 19.4 Å². The van der Waals surface area contributed by atoms with Crippen molar-refractivity contribution in [3.8, 4) is 0 Å². The van der Waals surface area contributed by atoms with Crippen LogP contribution >= 0.6 is 0 Å². The zero-order valence-corrected chi connectivity index (χ0v) is 8.50. The summed E-state index contributed by atoms with van der Waals surface area (Å²) in [5, 5.41) is 0. The largest absolute Gasteiger partial charge is 0.258 e. The Hall–Kier alpha value is -1.57. The van der Waals surface area contributed by atoms with Crippen molar-refractivity contribution in [2.45, 2.75) is 19.4 Å². The van der Waals surface area contributed by atoms with E-state index < -0.39 is 0 Å². The molecule has 1 rings (SSSR count). The van der Waals surface area contributed by atoms with Gasteiger partial charge in [-0.2, -0.15) is 0 Å². The second kappa shape index (κ2) is 5.22. The molecule has 0 radical (unpaired) electrons. The van der Waals surface area contributed by atoms with Gasteiger partial charge in [-0.05, 0) is 0 Å². The van der Waals surface area contributed by atoms with Crippen LogP contribution in [0, 0.1) is 0 Å². The number of hydrogen-bond donors (Lipinski definition) is 1. The number of aromatic amines is 1. The molecule has 0 atom stereocenters. The molecule has 0 unspecified atom stereocenters. The molecule has 0 bridgehead atoms. The number of H-pyrrole nitrogens is 1. The Balaban J connectivity index is 2.98. The van der Waals surface area contributed by atoms with E-state index in [2.05, 4.69) is 29.3 Å². The highest BCUT2D eigenvalue weighted by atomic mass is 15.1. The molecule has 0 amide bonds. The zero-order valence-electron chi connectivity index (χ0n) is 8.50. The maximum atomic E-state index is 3.75. The van der Waals surface area contributed by atoms with Crippen LogP contribution in [0.25, 0.3) is 0 Å². The number of rotatable bonds is 6. The Morgan fingerprint density at radius 1 is 1.14 bits per heavy atom. The maximum Gasteiger partial charge on any atom is 0.258 e. The summed E-state index contributed by atoms with van der Waals surface area (Å²) in [5.41, 5.74) is 1.23. The van der Waals surface area contributed by atoms with Crippen molar-refractivity contribution in [1.29, 1.82) is 0 Å². The first-order valence-corrected chi connectivity index (χ1v) is 4.75. The van der Waals surface area contributed by atoms with Crippen molar-refractivity contribution in [3.05, 3.63) is 55.7 Å². The number of allylic oxidation sites excluding steroid dienone is 3. The molecule has 2 nitrogen and oxygen atoms in total. The van der Waals surface area contributed by atoms with Crippen molar-refractivity contribution in [2.24, 2.45) is 0 Å². The van der Waals surface area contributed by atoms with Gasteiger partial charge in [-0.25, -0.2) is 9.55 Å². The van der Waals surface area contributed by atoms with Crippen LogP contribution in [0.5, 0.6) is 0 Å². The molecule has 1 aromatic heterocycles. The van der Waals surface area contributed by atoms with Crippen LogP contribution in [0.1, 0.15) is 11.5 Å². The van der Waals surface area contributed by atoms with E-state index >= 15 is 0 Å². The molecule has 1 aromatic rings. The Morgan fingerprint density at radius 3 is 2.43 bits per heavy atom. The summed E-state index contributed by atoms with van der Waals surface area (Å²) in [4.78, 5) is 3.24. The lowest BCUT2D eigenvalue weighted by Crippen LogP contribution is -2.39. The van der Waals surface area contributed by atoms with Gasteiger partial charge in [-0.3, -0.25) is 0 Å². The summed E-state index contributed by atoms with van der Waals surface area (Å²) >= 11 is 0. The first kappa shape index (κ1) is 10.5. The predicted molar refractivity (Wildman–Crippen MR) is 59.0 cm³/mol. The lowest BCUT2D eigenvalue weighted by atomic mass is 10.3. The lowest BCUT2D eigenvalue weighted by Gasteiger charge is -1.98. The first-order chi connectivity index (χ1) is 6.83. The van der Waals surface area contributed by atoms with Gasteiger partial charge < -0.3 is 0 Å². The van der Waals surface area contributed by atoms with E-state index in [1.165, 1.54) is 5.69 Å². The summed E-state index contributed by atoms with van der Waals surface area (Å²) < 4.78 is 2.20. The molecule has 0 spiro atoms. The number of nitrogens with zero attached hydrogens (tertiary/aromatic N) is 1. The van der Waals surface area contributed by atoms with Crippen LogP contribution in [0.4, 0.5) is 0 Å². The van der Waals surface area contributed by atoms with Crippen LogP contribution in [0.2, 0.25) is 0 Å². The molecular formula is C12H17N2+. The van der Waals surface area contributed by atoms with Gasteiger partial charge in [0.1, 0.15) is 18.4 Å². The summed E-state index contributed by atoms with van der Waals surface area (Å²) in [7, 11) is 0. The third-order valence-electron chi connectivity index (χ3n) is 2.08. The predicted octanol–water partition coefficient (Wildman–Crippen LogP) is 1.95. The van der Waals surface area contributed by atoms with Crippen LogP contribution < -0.4 is 4.57 Å². The van der Waals surface area contributed by atoms with Crippen LogP contribution in [-0.4, -0.2) is 4.98 Å². The van der Waals surface area contributed by atoms with E-state index in [-0.39, 0.29) is 0 Å². The van der Waals surface area contributed by atoms with Crippen molar-refractivity contribution < 1.29 is 4.57 Å². The van der Waals surface area contributed by atoms with Gasteiger partial charge in [-0.1, -0.05) is 24.8 Å². The Morgan fingerprint density at radius 2 is 1.86 bits per heavy atom. The Labute approximate surface area is 85.3 Å². The molecule has 1 N–H and O–H groups in total. The third-order valence-corrected chi connectivity index (χ3v) is 2.08. The highest BCUT2D eigenvalue weighted by molar-refractivity contribution is 4.99. The summed E-state index contributed by atoms with van der Waals surface area (Å²) in [6.45, 7) is 12.1. The number of aromatic nitrogens is 2. The van der Waals surface area contributed by atoms with Gasteiger partial charge in [0, 0.05) is 6.42 Å². The van der Waals surface area contributed by atoms with Gasteiger partial charge in [-0.15, -0.1) is 13.2 Å². The van der Waals surface area contributed by atoms with Crippen molar-refractivity contribution in [2.75, 3.05) is 0 Å². The molecular weight excluding hydrogens is 172 g/mol. The Kier molecular flexibility index (Phi) is 3.92. The van der Waals surface area contributed by atoms with Gasteiger partial charge in [0.2, 0.25) is 0 Å². The van der Waals surface area contributed by atoms with Gasteiger partial charge in [0.05, 0.1) is 6.42 Å². The average molecular weight is 189 g/mol. The Bertz CT molecular complexity index is 307. The number of hydrogen-bond acceptors (Lipinski definition) is 0. The zero-order chi connectivity index (χ0) is 10.4. The average Bonchev–Trinajstić information content (AvgIpc) is 2.52. The number of imidazole rings is 1. The summed E-state index contributed by atoms with van der Waals surface area (Å²) in [6, 6.07) is 0. The maximum absolute atomic E-state index is 3.75. The van der Waals surface area contributed by atoms with E-state index in [0.29, 0.717) is 0 Å². The number of nitrogens with one attached hydrogen (secondary N) is 1. The third kappa shape index (κ3) is 2.22. The lowest BCUT2D eigenvalue weighted by molar-refractivity contribution is -0.699. The van der Waals surface area contributed by atoms with Crippen LogP contribution in [0.15, 0.2) is 44.2 Å². The quantitative estimate of drug-likeness (QED) is 0.521. The highest BCUT2D eigenvalue weighted by Crippen LogP contribution is 1.98. The fraction of sp³-hybridized carbons (Fsp3) is 0.250. The van der Waals surface area contributed by atoms with Gasteiger partial charge in [0.15, 0.2) is 0 Å². The van der Waals surface area contributed by atoms with Crippen molar-refractivity contribution >= 4 is 0 Å². The molecule has 74 valence electrons. The smallest absolute Gasteiger partial charge is 0.247 e. The monoisotopic (exact) mass is 189 g/mol. The minimum atomic E-state index is 0.829. The molecule has 0 fully saturated rings. The summed E-state index contributed by atoms with van der Waals surface area (Å²) in [5.74, 6) is 1.16. The molecule has 0 saturated carbocycles. The van der Waals surface area contributed by atoms with Crippen molar-refractivity contribution in [3.63, 3.8) is 0 Å². The molecule has 14 heavy (non-hydrogen) atoms. The summed E-state index contributed by atoms with van der Waals surface area (Å²) in [6.07, 6.45) is 9.44. The molecule has 0 saturated heterocycles. The SMILES string of the molecule is C=CCc1c[nH]c(CC=C)[n+]1CC=C. The minimum absolute atomic E-state index is 0.829. The van der Waals surface area contributed by atoms with E-state index in [4.69, 9.17) is 0 Å². The highest BCUT2D eigenvalue weighted by Gasteiger charge is 2.13. The van der Waals surface area contributed by atoms with Crippen molar-refractivity contribution in [1.82, 2.24) is 4.98 Å². The second-order valence-corrected chi connectivity index (χ2v) is 3.11. The van der Waals surface area contributed by atoms with Gasteiger partial charge >= 0.3 is 0 Å². The molecule has 0 aliphatic rings. The van der Waals surface area contributed by atoms with Gasteiger partial charge in [0.25, 0.3) is 5.82 Å².